The fourth-order valence-electron chi connectivity index (χ4n) is 3.34. The molecule has 0 radical (unpaired) electrons. The third kappa shape index (κ3) is 12.5. The monoisotopic (exact) mass is 266 g/mol. The van der Waals surface area contributed by atoms with Gasteiger partial charge in [-0.15, -0.1) is 0 Å². The molecular weight excluding hydrogens is 228 g/mol. The molecule has 114 valence electrons. The van der Waals surface area contributed by atoms with Crippen LogP contribution >= 0.6 is 0 Å². The van der Waals surface area contributed by atoms with Gasteiger partial charge in [-0.05, 0) is 48.3 Å². The Morgan fingerprint density at radius 3 is 1.74 bits per heavy atom. The van der Waals surface area contributed by atoms with Crippen molar-refractivity contribution in [3.8, 4) is 0 Å². The number of hydrogen-bond acceptors (Lipinski definition) is 0. The molecule has 0 aliphatic carbocycles. The summed E-state index contributed by atoms with van der Waals surface area (Å²) in [6.07, 6.45) is 7.67. The van der Waals surface area contributed by atoms with Crippen molar-refractivity contribution in [2.45, 2.75) is 93.9 Å². The minimum atomic E-state index is 0.391. The Morgan fingerprint density at radius 2 is 1.32 bits per heavy atom. The van der Waals surface area contributed by atoms with Crippen molar-refractivity contribution in [2.24, 2.45) is 16.2 Å². The van der Waals surface area contributed by atoms with E-state index in [0.717, 1.165) is 0 Å². The van der Waals surface area contributed by atoms with E-state index >= 15 is 0 Å². The average Bonchev–Trinajstić information content (AvgIpc) is 2.05. The van der Waals surface area contributed by atoms with Crippen molar-refractivity contribution in [1.82, 2.24) is 0 Å². The lowest BCUT2D eigenvalue weighted by atomic mass is 9.73. The molecule has 0 saturated heterocycles. The molecule has 0 aromatic heterocycles. The van der Waals surface area contributed by atoms with E-state index in [1.165, 1.54) is 44.1 Å². The van der Waals surface area contributed by atoms with Crippen LogP contribution in [0.15, 0.2) is 12.2 Å². The van der Waals surface area contributed by atoms with Crippen LogP contribution in [0.25, 0.3) is 0 Å². The van der Waals surface area contributed by atoms with Crippen molar-refractivity contribution in [2.75, 3.05) is 0 Å². The molecule has 0 saturated carbocycles. The van der Waals surface area contributed by atoms with Gasteiger partial charge in [0.25, 0.3) is 0 Å². The van der Waals surface area contributed by atoms with Gasteiger partial charge < -0.3 is 0 Å². The summed E-state index contributed by atoms with van der Waals surface area (Å²) in [5.74, 6) is 0. The highest BCUT2D eigenvalue weighted by Gasteiger charge is 2.24. The van der Waals surface area contributed by atoms with Crippen LogP contribution in [0.2, 0.25) is 0 Å². The smallest absolute Gasteiger partial charge is 0.0274 e. The second kappa shape index (κ2) is 6.95. The zero-order chi connectivity index (χ0) is 15.3. The number of allylic oxidation sites excluding steroid dienone is 1. The van der Waals surface area contributed by atoms with Gasteiger partial charge in [-0.25, -0.2) is 0 Å². The molecule has 0 heteroatoms. The van der Waals surface area contributed by atoms with E-state index < -0.39 is 0 Å². The molecule has 0 N–H and O–H groups in total. The van der Waals surface area contributed by atoms with Crippen LogP contribution in [0.1, 0.15) is 93.9 Å². The lowest BCUT2D eigenvalue weighted by molar-refractivity contribution is 0.194. The first kappa shape index (κ1) is 18.7. The van der Waals surface area contributed by atoms with Gasteiger partial charge in [-0.2, -0.15) is 0 Å². The van der Waals surface area contributed by atoms with Crippen molar-refractivity contribution >= 4 is 0 Å². The van der Waals surface area contributed by atoms with E-state index in [1.54, 1.807) is 0 Å². The van der Waals surface area contributed by atoms with Gasteiger partial charge in [-0.3, -0.25) is 0 Å². The van der Waals surface area contributed by atoms with Gasteiger partial charge in [0.2, 0.25) is 0 Å². The summed E-state index contributed by atoms with van der Waals surface area (Å²) in [6, 6.07) is 0. The van der Waals surface area contributed by atoms with Crippen molar-refractivity contribution in [3.63, 3.8) is 0 Å². The van der Waals surface area contributed by atoms with E-state index in [9.17, 15) is 0 Å². The summed E-state index contributed by atoms with van der Waals surface area (Å²) >= 11 is 0. The minimum absolute atomic E-state index is 0.391. The largest absolute Gasteiger partial charge is 0.0998 e. The van der Waals surface area contributed by atoms with E-state index in [1.807, 2.05) is 0 Å². The molecule has 0 aliphatic heterocycles. The first-order valence-corrected chi connectivity index (χ1v) is 7.97. The third-order valence-electron chi connectivity index (χ3n) is 3.42. The zero-order valence-electron chi connectivity index (χ0n) is 14.9. The second-order valence-corrected chi connectivity index (χ2v) is 9.60. The lowest BCUT2D eigenvalue weighted by Crippen LogP contribution is -2.20. The van der Waals surface area contributed by atoms with Crippen LogP contribution < -0.4 is 0 Å². The standard InChI is InChI=1S/C19H38/c1-16(14-17(2,3)4)12-10-11-13-19(8,9)15-18(5,6)7/h1,10-15H2,2-9H3. The summed E-state index contributed by atoms with van der Waals surface area (Å²) in [4.78, 5) is 0. The third-order valence-corrected chi connectivity index (χ3v) is 3.42. The highest BCUT2D eigenvalue weighted by Crippen LogP contribution is 2.37. The van der Waals surface area contributed by atoms with E-state index in [2.05, 4.69) is 62.0 Å². The zero-order valence-corrected chi connectivity index (χ0v) is 14.9. The molecule has 19 heavy (non-hydrogen) atoms. The summed E-state index contributed by atoms with van der Waals surface area (Å²) < 4.78 is 0. The molecule has 0 heterocycles. The fourth-order valence-corrected chi connectivity index (χ4v) is 3.34. The average molecular weight is 267 g/mol. The topological polar surface area (TPSA) is 0 Å². The van der Waals surface area contributed by atoms with Gasteiger partial charge in [0.15, 0.2) is 0 Å². The molecule has 0 aromatic rings. The molecule has 0 bridgehead atoms. The highest BCUT2D eigenvalue weighted by molar-refractivity contribution is 4.97. The molecule has 0 aliphatic rings. The molecule has 0 spiro atoms. The first-order chi connectivity index (χ1) is 8.31. The Morgan fingerprint density at radius 1 is 0.789 bits per heavy atom. The Balaban J connectivity index is 3.89. The summed E-state index contributed by atoms with van der Waals surface area (Å²) in [5.41, 5.74) is 2.74. The van der Waals surface area contributed by atoms with E-state index in [-0.39, 0.29) is 0 Å². The van der Waals surface area contributed by atoms with Gasteiger partial charge in [0.05, 0.1) is 0 Å². The van der Waals surface area contributed by atoms with E-state index in [0.29, 0.717) is 16.2 Å². The molecule has 0 fully saturated rings. The SMILES string of the molecule is C=C(CCCCC(C)(C)CC(C)(C)C)CC(C)(C)C. The maximum Gasteiger partial charge on any atom is -0.0274 e. The maximum absolute atomic E-state index is 4.23. The van der Waals surface area contributed by atoms with Crippen LogP contribution in [0.4, 0.5) is 0 Å². The van der Waals surface area contributed by atoms with Crippen molar-refractivity contribution in [3.05, 3.63) is 12.2 Å². The number of rotatable bonds is 7. The van der Waals surface area contributed by atoms with Gasteiger partial charge in [-0.1, -0.05) is 74.0 Å². The first-order valence-electron chi connectivity index (χ1n) is 7.97. The number of unbranched alkanes of at least 4 members (excludes halogenated alkanes) is 1. The van der Waals surface area contributed by atoms with Crippen LogP contribution in [0, 0.1) is 16.2 Å². The molecular formula is C19H38. The van der Waals surface area contributed by atoms with Crippen molar-refractivity contribution < 1.29 is 0 Å². The van der Waals surface area contributed by atoms with Crippen LogP contribution in [-0.2, 0) is 0 Å². The van der Waals surface area contributed by atoms with Gasteiger partial charge in [0.1, 0.15) is 0 Å². The molecule has 0 atom stereocenters. The van der Waals surface area contributed by atoms with Crippen LogP contribution in [0.5, 0.6) is 0 Å². The molecule has 0 nitrogen and oxygen atoms in total. The lowest BCUT2D eigenvalue weighted by Gasteiger charge is -2.32. The minimum Gasteiger partial charge on any atom is -0.0998 e. The Bertz CT molecular complexity index is 267. The maximum atomic E-state index is 4.23. The van der Waals surface area contributed by atoms with E-state index in [4.69, 9.17) is 0 Å². The predicted octanol–water partition coefficient (Wildman–Crippen LogP) is 7.00. The molecule has 0 unspecified atom stereocenters. The van der Waals surface area contributed by atoms with Gasteiger partial charge in [0, 0.05) is 0 Å². The molecule has 0 aromatic carbocycles. The molecule has 0 rings (SSSR count). The summed E-state index contributed by atoms with van der Waals surface area (Å²) in [7, 11) is 0. The van der Waals surface area contributed by atoms with Crippen LogP contribution in [0.3, 0.4) is 0 Å². The fraction of sp³-hybridized carbons (Fsp3) is 0.895. The Kier molecular flexibility index (Phi) is 6.86. The Labute approximate surface area is 123 Å². The van der Waals surface area contributed by atoms with Crippen molar-refractivity contribution in [1.29, 1.82) is 0 Å². The van der Waals surface area contributed by atoms with Crippen LogP contribution in [-0.4, -0.2) is 0 Å². The highest BCUT2D eigenvalue weighted by atomic mass is 14.3. The summed E-state index contributed by atoms with van der Waals surface area (Å²) in [5, 5.41) is 0. The Hall–Kier alpha value is -0.260. The molecule has 0 amide bonds. The number of hydrogen-bond donors (Lipinski definition) is 0. The van der Waals surface area contributed by atoms with Gasteiger partial charge >= 0.3 is 0 Å². The quantitative estimate of drug-likeness (QED) is 0.343. The summed E-state index contributed by atoms with van der Waals surface area (Å²) in [6.45, 7) is 23.0. The normalized spacial score (nSPS) is 13.7. The predicted molar refractivity (Wildman–Crippen MR) is 89.5 cm³/mol. The second-order valence-electron chi connectivity index (χ2n) is 9.60.